The van der Waals surface area contributed by atoms with Crippen molar-refractivity contribution < 1.29 is 13.6 Å². The monoisotopic (exact) mass is 269 g/mol. The third-order valence-electron chi connectivity index (χ3n) is 1.86. The lowest BCUT2D eigenvalue weighted by atomic mass is 10.1. The third-order valence-corrected chi connectivity index (χ3v) is 2.20. The molecule has 0 radical (unpaired) electrons. The molecule has 0 N–H and O–H groups in total. The summed E-state index contributed by atoms with van der Waals surface area (Å²) in [5, 5.41) is 0. The van der Waals surface area contributed by atoms with Crippen molar-refractivity contribution in [2.75, 3.05) is 0 Å². The maximum atomic E-state index is 13.4. The van der Waals surface area contributed by atoms with Crippen molar-refractivity contribution in [1.29, 1.82) is 0 Å². The predicted molar refractivity (Wildman–Crippen MR) is 55.0 cm³/mol. The third kappa shape index (κ3) is 1.83. The summed E-state index contributed by atoms with van der Waals surface area (Å²) in [4.78, 5) is 14.6. The van der Waals surface area contributed by atoms with Crippen molar-refractivity contribution in [2.24, 2.45) is 0 Å². The number of halogens is 2. The van der Waals surface area contributed by atoms with Crippen LogP contribution in [0.5, 0.6) is 0 Å². The number of oxazole rings is 1. The average molecular weight is 270 g/mol. The standard InChI is InChI=1S/C10H5BrFNO2/c11-10-13-8(5-14)9(15-10)6-3-1-2-4-7(6)12/h1-5H. The molecule has 0 aliphatic rings. The van der Waals surface area contributed by atoms with Crippen LogP contribution in [0.3, 0.4) is 0 Å². The smallest absolute Gasteiger partial charge is 0.265 e. The van der Waals surface area contributed by atoms with E-state index in [2.05, 4.69) is 20.9 Å². The predicted octanol–water partition coefficient (Wildman–Crippen LogP) is 3.06. The first-order valence-electron chi connectivity index (χ1n) is 4.09. The van der Waals surface area contributed by atoms with Gasteiger partial charge in [0.2, 0.25) is 0 Å². The van der Waals surface area contributed by atoms with Crippen LogP contribution >= 0.6 is 15.9 Å². The Morgan fingerprint density at radius 2 is 2.13 bits per heavy atom. The van der Waals surface area contributed by atoms with Crippen molar-refractivity contribution in [3.8, 4) is 11.3 Å². The van der Waals surface area contributed by atoms with Crippen LogP contribution in [0.2, 0.25) is 0 Å². The second kappa shape index (κ2) is 3.94. The Kier molecular flexibility index (Phi) is 2.64. The zero-order valence-corrected chi connectivity index (χ0v) is 8.99. The molecule has 3 nitrogen and oxygen atoms in total. The fourth-order valence-corrected chi connectivity index (χ4v) is 1.58. The second-order valence-corrected chi connectivity index (χ2v) is 3.46. The van der Waals surface area contributed by atoms with Gasteiger partial charge in [-0.1, -0.05) is 12.1 Å². The molecule has 0 atom stereocenters. The van der Waals surface area contributed by atoms with E-state index in [-0.39, 0.29) is 21.8 Å². The van der Waals surface area contributed by atoms with Gasteiger partial charge in [-0.05, 0) is 12.1 Å². The molecule has 76 valence electrons. The van der Waals surface area contributed by atoms with Crippen LogP contribution in [0, 0.1) is 5.82 Å². The number of aldehydes is 1. The SMILES string of the molecule is O=Cc1nc(Br)oc1-c1ccccc1F. The number of nitrogens with zero attached hydrogens (tertiary/aromatic N) is 1. The second-order valence-electron chi connectivity index (χ2n) is 2.78. The van der Waals surface area contributed by atoms with Gasteiger partial charge in [-0.15, -0.1) is 0 Å². The molecular weight excluding hydrogens is 265 g/mol. The van der Waals surface area contributed by atoms with Crippen molar-refractivity contribution in [1.82, 2.24) is 4.98 Å². The van der Waals surface area contributed by atoms with Gasteiger partial charge in [0.25, 0.3) is 4.80 Å². The van der Waals surface area contributed by atoms with Crippen LogP contribution in [-0.2, 0) is 0 Å². The van der Waals surface area contributed by atoms with Gasteiger partial charge < -0.3 is 4.42 Å². The van der Waals surface area contributed by atoms with Gasteiger partial charge in [0.1, 0.15) is 5.82 Å². The molecule has 0 fully saturated rings. The molecule has 0 unspecified atom stereocenters. The quantitative estimate of drug-likeness (QED) is 0.787. The summed E-state index contributed by atoms with van der Waals surface area (Å²) < 4.78 is 18.5. The first-order valence-corrected chi connectivity index (χ1v) is 4.88. The van der Waals surface area contributed by atoms with E-state index in [0.717, 1.165) is 0 Å². The molecule has 1 heterocycles. The molecule has 0 saturated heterocycles. The highest BCUT2D eigenvalue weighted by atomic mass is 79.9. The number of hydrogen-bond donors (Lipinski definition) is 0. The summed E-state index contributed by atoms with van der Waals surface area (Å²) in [6.07, 6.45) is 0.524. The molecule has 2 rings (SSSR count). The maximum absolute atomic E-state index is 13.4. The molecule has 15 heavy (non-hydrogen) atoms. The first kappa shape index (κ1) is 10.0. The fraction of sp³-hybridized carbons (Fsp3) is 0. The highest BCUT2D eigenvalue weighted by Crippen LogP contribution is 2.28. The fourth-order valence-electron chi connectivity index (χ4n) is 1.22. The number of aromatic nitrogens is 1. The normalized spacial score (nSPS) is 10.3. The highest BCUT2D eigenvalue weighted by molar-refractivity contribution is 9.10. The topological polar surface area (TPSA) is 43.1 Å². The highest BCUT2D eigenvalue weighted by Gasteiger charge is 2.15. The first-order chi connectivity index (χ1) is 7.22. The van der Waals surface area contributed by atoms with Gasteiger partial charge in [-0.25, -0.2) is 4.39 Å². The molecule has 2 aromatic rings. The molecule has 0 aliphatic heterocycles. The van der Waals surface area contributed by atoms with E-state index < -0.39 is 5.82 Å². The summed E-state index contributed by atoms with van der Waals surface area (Å²) in [7, 11) is 0. The van der Waals surface area contributed by atoms with Crippen molar-refractivity contribution in [3.05, 3.63) is 40.6 Å². The van der Waals surface area contributed by atoms with E-state index in [9.17, 15) is 9.18 Å². The Bertz CT molecular complexity index is 510. The molecule has 0 spiro atoms. The minimum absolute atomic E-state index is 0.0759. The Morgan fingerprint density at radius 1 is 1.40 bits per heavy atom. The summed E-state index contributed by atoms with van der Waals surface area (Å²) in [5.74, 6) is -0.320. The lowest BCUT2D eigenvalue weighted by molar-refractivity contribution is 0.111. The number of carbonyl (C=O) groups is 1. The van der Waals surface area contributed by atoms with E-state index in [4.69, 9.17) is 4.42 Å². The Hall–Kier alpha value is -1.49. The zero-order valence-electron chi connectivity index (χ0n) is 7.41. The van der Waals surface area contributed by atoms with Gasteiger partial charge in [0, 0.05) is 15.9 Å². The van der Waals surface area contributed by atoms with Crippen LogP contribution in [-0.4, -0.2) is 11.3 Å². The lowest BCUT2D eigenvalue weighted by Gasteiger charge is -1.97. The largest absolute Gasteiger partial charge is 0.430 e. The van der Waals surface area contributed by atoms with Crippen molar-refractivity contribution in [3.63, 3.8) is 0 Å². The van der Waals surface area contributed by atoms with E-state index >= 15 is 0 Å². The van der Waals surface area contributed by atoms with E-state index in [1.54, 1.807) is 12.1 Å². The molecule has 1 aromatic carbocycles. The van der Waals surface area contributed by atoms with E-state index in [1.807, 2.05) is 0 Å². The molecule has 1 aromatic heterocycles. The number of hydrogen-bond acceptors (Lipinski definition) is 3. The van der Waals surface area contributed by atoms with Gasteiger partial charge in [0.05, 0.1) is 5.56 Å². The summed E-state index contributed by atoms with van der Waals surface area (Å²) in [6, 6.07) is 6.03. The number of benzene rings is 1. The number of rotatable bonds is 2. The summed E-state index contributed by atoms with van der Waals surface area (Å²) in [6.45, 7) is 0. The Balaban J connectivity index is 2.63. The maximum Gasteiger partial charge on any atom is 0.265 e. The van der Waals surface area contributed by atoms with Crippen LogP contribution in [0.25, 0.3) is 11.3 Å². The Morgan fingerprint density at radius 3 is 2.80 bits per heavy atom. The van der Waals surface area contributed by atoms with Gasteiger partial charge in [-0.3, -0.25) is 4.79 Å². The molecule has 0 bridgehead atoms. The molecule has 0 saturated carbocycles. The van der Waals surface area contributed by atoms with Gasteiger partial charge in [0.15, 0.2) is 17.7 Å². The molecule has 0 amide bonds. The van der Waals surface area contributed by atoms with Crippen LogP contribution in [0.15, 0.2) is 33.5 Å². The van der Waals surface area contributed by atoms with Gasteiger partial charge >= 0.3 is 0 Å². The molecular formula is C10H5BrFNO2. The lowest BCUT2D eigenvalue weighted by Crippen LogP contribution is -1.87. The van der Waals surface area contributed by atoms with E-state index in [0.29, 0.717) is 6.29 Å². The summed E-state index contributed by atoms with van der Waals surface area (Å²) in [5.41, 5.74) is 0.296. The minimum Gasteiger partial charge on any atom is -0.430 e. The van der Waals surface area contributed by atoms with Crippen LogP contribution in [0.1, 0.15) is 10.5 Å². The number of carbonyl (C=O) groups excluding carboxylic acids is 1. The van der Waals surface area contributed by atoms with E-state index in [1.165, 1.54) is 12.1 Å². The average Bonchev–Trinajstić information content (AvgIpc) is 2.60. The van der Waals surface area contributed by atoms with Crippen LogP contribution < -0.4 is 0 Å². The molecule has 0 aliphatic carbocycles. The van der Waals surface area contributed by atoms with Crippen molar-refractivity contribution >= 4 is 22.2 Å². The van der Waals surface area contributed by atoms with Crippen LogP contribution in [0.4, 0.5) is 4.39 Å². The molecule has 5 heteroatoms. The minimum atomic E-state index is -0.454. The van der Waals surface area contributed by atoms with Gasteiger partial charge in [-0.2, -0.15) is 4.98 Å². The van der Waals surface area contributed by atoms with Crippen molar-refractivity contribution in [2.45, 2.75) is 0 Å². The summed E-state index contributed by atoms with van der Waals surface area (Å²) >= 11 is 2.99. The Labute approximate surface area is 93.1 Å². The zero-order chi connectivity index (χ0) is 10.8.